The molecule has 1 rings (SSSR count). The van der Waals surface area contributed by atoms with Crippen molar-refractivity contribution in [3.8, 4) is 0 Å². The standard InChI is InChI=1S/C13H25NO3/c1-11(2)7-8-16-9-10-17-13-5-3-12(14-15)4-6-13/h11,13,15H,3-10H2,1-2H3. The molecule has 1 saturated carbocycles. The predicted molar refractivity (Wildman–Crippen MR) is 67.7 cm³/mol. The van der Waals surface area contributed by atoms with Gasteiger partial charge in [0.1, 0.15) is 0 Å². The molecule has 4 heteroatoms. The zero-order valence-corrected chi connectivity index (χ0v) is 11.0. The summed E-state index contributed by atoms with van der Waals surface area (Å²) >= 11 is 0. The summed E-state index contributed by atoms with van der Waals surface area (Å²) in [5.74, 6) is 0.699. The zero-order chi connectivity index (χ0) is 12.5. The summed E-state index contributed by atoms with van der Waals surface area (Å²) in [6.45, 7) is 6.58. The van der Waals surface area contributed by atoms with Crippen LogP contribution in [-0.2, 0) is 9.47 Å². The fourth-order valence-electron chi connectivity index (χ4n) is 1.89. The van der Waals surface area contributed by atoms with Gasteiger partial charge < -0.3 is 14.7 Å². The Balaban J connectivity index is 1.93. The highest BCUT2D eigenvalue weighted by molar-refractivity contribution is 5.84. The Kier molecular flexibility index (Phi) is 7.21. The molecule has 0 aromatic heterocycles. The van der Waals surface area contributed by atoms with Crippen LogP contribution >= 0.6 is 0 Å². The van der Waals surface area contributed by atoms with E-state index in [1.54, 1.807) is 0 Å². The maximum atomic E-state index is 8.62. The van der Waals surface area contributed by atoms with Gasteiger partial charge in [0.15, 0.2) is 0 Å². The first-order valence-corrected chi connectivity index (χ1v) is 6.61. The Morgan fingerprint density at radius 1 is 1.24 bits per heavy atom. The van der Waals surface area contributed by atoms with E-state index in [2.05, 4.69) is 19.0 Å². The lowest BCUT2D eigenvalue weighted by molar-refractivity contribution is -0.00475. The van der Waals surface area contributed by atoms with Crippen LogP contribution in [-0.4, -0.2) is 36.8 Å². The number of rotatable bonds is 7. The molecule has 0 aromatic rings. The van der Waals surface area contributed by atoms with Crippen molar-refractivity contribution in [3.63, 3.8) is 0 Å². The van der Waals surface area contributed by atoms with E-state index in [1.165, 1.54) is 0 Å². The van der Waals surface area contributed by atoms with E-state index >= 15 is 0 Å². The van der Waals surface area contributed by atoms with Gasteiger partial charge in [-0.05, 0) is 38.0 Å². The molecular weight excluding hydrogens is 218 g/mol. The number of nitrogens with zero attached hydrogens (tertiary/aromatic N) is 1. The fourth-order valence-corrected chi connectivity index (χ4v) is 1.89. The van der Waals surface area contributed by atoms with Gasteiger partial charge in [-0.15, -0.1) is 0 Å². The van der Waals surface area contributed by atoms with E-state index < -0.39 is 0 Å². The molecule has 0 saturated heterocycles. The highest BCUT2D eigenvalue weighted by Gasteiger charge is 2.17. The number of hydrogen-bond donors (Lipinski definition) is 1. The van der Waals surface area contributed by atoms with Crippen LogP contribution < -0.4 is 0 Å². The summed E-state index contributed by atoms with van der Waals surface area (Å²) in [5.41, 5.74) is 0.901. The van der Waals surface area contributed by atoms with E-state index in [4.69, 9.17) is 14.7 Å². The maximum absolute atomic E-state index is 8.62. The molecule has 0 aliphatic heterocycles. The quantitative estimate of drug-likeness (QED) is 0.425. The third kappa shape index (κ3) is 6.64. The summed E-state index contributed by atoms with van der Waals surface area (Å²) in [4.78, 5) is 0. The Labute approximate surface area is 104 Å². The van der Waals surface area contributed by atoms with Crippen LogP contribution in [0.2, 0.25) is 0 Å². The van der Waals surface area contributed by atoms with Crippen molar-refractivity contribution in [2.45, 2.75) is 52.1 Å². The molecule has 100 valence electrons. The second-order valence-corrected chi connectivity index (χ2v) is 5.03. The number of hydrogen-bond acceptors (Lipinski definition) is 4. The Morgan fingerprint density at radius 3 is 2.53 bits per heavy atom. The van der Waals surface area contributed by atoms with Gasteiger partial charge in [0.05, 0.1) is 25.0 Å². The van der Waals surface area contributed by atoms with Crippen LogP contribution in [0.5, 0.6) is 0 Å². The molecule has 0 heterocycles. The molecule has 1 aliphatic carbocycles. The van der Waals surface area contributed by atoms with E-state index in [-0.39, 0.29) is 0 Å². The zero-order valence-electron chi connectivity index (χ0n) is 11.0. The Morgan fingerprint density at radius 2 is 1.94 bits per heavy atom. The lowest BCUT2D eigenvalue weighted by atomic mass is 9.96. The monoisotopic (exact) mass is 243 g/mol. The summed E-state index contributed by atoms with van der Waals surface area (Å²) in [6, 6.07) is 0. The highest BCUT2D eigenvalue weighted by Crippen LogP contribution is 2.18. The van der Waals surface area contributed by atoms with Crippen molar-refractivity contribution in [1.82, 2.24) is 0 Å². The van der Waals surface area contributed by atoms with Crippen molar-refractivity contribution < 1.29 is 14.7 Å². The molecule has 0 spiro atoms. The van der Waals surface area contributed by atoms with Gasteiger partial charge in [-0.1, -0.05) is 19.0 Å². The molecule has 1 fully saturated rings. The van der Waals surface area contributed by atoms with Gasteiger partial charge in [-0.3, -0.25) is 0 Å². The van der Waals surface area contributed by atoms with Gasteiger partial charge in [0, 0.05) is 6.61 Å². The average Bonchev–Trinajstić information content (AvgIpc) is 2.34. The average molecular weight is 243 g/mol. The molecule has 0 aromatic carbocycles. The SMILES string of the molecule is CC(C)CCOCCOC1CCC(=NO)CC1. The minimum atomic E-state index is 0.314. The number of ether oxygens (including phenoxy) is 2. The molecule has 4 nitrogen and oxygen atoms in total. The third-order valence-electron chi connectivity index (χ3n) is 3.07. The highest BCUT2D eigenvalue weighted by atomic mass is 16.5. The van der Waals surface area contributed by atoms with Gasteiger partial charge in [-0.2, -0.15) is 0 Å². The molecule has 0 amide bonds. The molecular formula is C13H25NO3. The first kappa shape index (κ1) is 14.5. The first-order valence-electron chi connectivity index (χ1n) is 6.61. The molecule has 17 heavy (non-hydrogen) atoms. The molecule has 0 bridgehead atoms. The minimum absolute atomic E-state index is 0.314. The summed E-state index contributed by atoms with van der Waals surface area (Å²) < 4.78 is 11.2. The van der Waals surface area contributed by atoms with E-state index in [1.807, 2.05) is 0 Å². The summed E-state index contributed by atoms with van der Waals surface area (Å²) in [6.07, 6.45) is 5.07. The fraction of sp³-hybridized carbons (Fsp3) is 0.923. The van der Waals surface area contributed by atoms with E-state index in [0.29, 0.717) is 25.2 Å². The Bertz CT molecular complexity index is 219. The van der Waals surface area contributed by atoms with Crippen LogP contribution in [0.15, 0.2) is 5.16 Å². The van der Waals surface area contributed by atoms with E-state index in [9.17, 15) is 0 Å². The van der Waals surface area contributed by atoms with Crippen molar-refractivity contribution >= 4 is 5.71 Å². The minimum Gasteiger partial charge on any atom is -0.411 e. The first-order chi connectivity index (χ1) is 8.22. The largest absolute Gasteiger partial charge is 0.411 e. The normalized spacial score (nSPS) is 20.9. The van der Waals surface area contributed by atoms with Gasteiger partial charge in [-0.25, -0.2) is 0 Å². The van der Waals surface area contributed by atoms with Crippen LogP contribution in [0.25, 0.3) is 0 Å². The van der Waals surface area contributed by atoms with Gasteiger partial charge in [0.2, 0.25) is 0 Å². The lowest BCUT2D eigenvalue weighted by Gasteiger charge is -2.22. The molecule has 0 radical (unpaired) electrons. The van der Waals surface area contributed by atoms with Crippen LogP contribution in [0.3, 0.4) is 0 Å². The van der Waals surface area contributed by atoms with Crippen molar-refractivity contribution in [2.75, 3.05) is 19.8 Å². The van der Waals surface area contributed by atoms with Gasteiger partial charge in [0.25, 0.3) is 0 Å². The van der Waals surface area contributed by atoms with Crippen molar-refractivity contribution in [2.24, 2.45) is 11.1 Å². The lowest BCUT2D eigenvalue weighted by Crippen LogP contribution is -2.23. The summed E-state index contributed by atoms with van der Waals surface area (Å²) in [5, 5.41) is 11.9. The molecule has 0 unspecified atom stereocenters. The Hall–Kier alpha value is -0.610. The van der Waals surface area contributed by atoms with Crippen LogP contribution in [0.4, 0.5) is 0 Å². The molecule has 1 N–H and O–H groups in total. The van der Waals surface area contributed by atoms with Crippen LogP contribution in [0.1, 0.15) is 46.0 Å². The third-order valence-corrected chi connectivity index (χ3v) is 3.07. The van der Waals surface area contributed by atoms with Gasteiger partial charge >= 0.3 is 0 Å². The second kappa shape index (κ2) is 8.48. The second-order valence-electron chi connectivity index (χ2n) is 5.03. The van der Waals surface area contributed by atoms with Crippen molar-refractivity contribution in [3.05, 3.63) is 0 Å². The summed E-state index contributed by atoms with van der Waals surface area (Å²) in [7, 11) is 0. The van der Waals surface area contributed by atoms with E-state index in [0.717, 1.165) is 44.4 Å². The molecule has 1 aliphatic rings. The topological polar surface area (TPSA) is 51.0 Å². The van der Waals surface area contributed by atoms with Crippen LogP contribution in [0, 0.1) is 5.92 Å². The smallest absolute Gasteiger partial charge is 0.0704 e. The number of oxime groups is 1. The molecule has 0 atom stereocenters. The maximum Gasteiger partial charge on any atom is 0.0704 e. The predicted octanol–water partition coefficient (Wildman–Crippen LogP) is 2.84. The van der Waals surface area contributed by atoms with Crippen molar-refractivity contribution in [1.29, 1.82) is 0 Å².